The quantitative estimate of drug-likeness (QED) is 0.794. The van der Waals surface area contributed by atoms with Gasteiger partial charge in [0, 0.05) is 17.9 Å². The number of nitrogens with two attached hydrogens (primary N) is 1. The summed E-state index contributed by atoms with van der Waals surface area (Å²) in [5.74, 6) is 0. The summed E-state index contributed by atoms with van der Waals surface area (Å²) in [7, 11) is 0. The Kier molecular flexibility index (Phi) is 3.28. The van der Waals surface area contributed by atoms with Crippen molar-refractivity contribution in [1.29, 1.82) is 0 Å². The number of hydrogen-bond acceptors (Lipinski definition) is 4. The molecule has 2 rings (SSSR count). The van der Waals surface area contributed by atoms with Crippen LogP contribution in [0, 0.1) is 0 Å². The molecule has 0 aliphatic carbocycles. The first-order valence-corrected chi connectivity index (χ1v) is 6.13. The number of hydrogen-bond donors (Lipinski definition) is 1. The molecule has 15 heavy (non-hydrogen) atoms. The summed E-state index contributed by atoms with van der Waals surface area (Å²) in [6.07, 6.45) is 2.94. The van der Waals surface area contributed by atoms with Crippen LogP contribution >= 0.6 is 11.8 Å². The second-order valence-corrected chi connectivity index (χ2v) is 4.31. The molecule has 3 nitrogen and oxygen atoms in total. The van der Waals surface area contributed by atoms with E-state index in [1.54, 1.807) is 11.8 Å². The molecule has 1 atom stereocenters. The van der Waals surface area contributed by atoms with Gasteiger partial charge in [-0.25, -0.2) is 0 Å². The number of benzene rings is 1. The van der Waals surface area contributed by atoms with Crippen LogP contribution in [0.4, 0.5) is 0 Å². The highest BCUT2D eigenvalue weighted by molar-refractivity contribution is 7.98. The van der Waals surface area contributed by atoms with Gasteiger partial charge in [-0.2, -0.15) is 0 Å². The predicted molar refractivity (Wildman–Crippen MR) is 63.3 cm³/mol. The highest BCUT2D eigenvalue weighted by Crippen LogP contribution is 2.19. The molecule has 2 N–H and O–H groups in total. The first-order chi connectivity index (χ1) is 7.33. The number of rotatable bonds is 3. The van der Waals surface area contributed by atoms with Crippen molar-refractivity contribution in [3.8, 4) is 0 Å². The van der Waals surface area contributed by atoms with Crippen LogP contribution in [0.2, 0.25) is 0 Å². The molecule has 4 heteroatoms. The van der Waals surface area contributed by atoms with E-state index in [-0.39, 0.29) is 6.10 Å². The number of nitrogens with zero attached hydrogens (tertiary/aromatic N) is 1. The van der Waals surface area contributed by atoms with Crippen LogP contribution in [0.25, 0.3) is 0 Å². The standard InChI is InChI=1S/C11H14N2OS/c1-15-10-4-2-8(3-5-10)11-6-9(7-12)14-13-11/h2-5,9H,6-7,12H2,1H3. The minimum atomic E-state index is 0.0558. The van der Waals surface area contributed by atoms with Gasteiger partial charge in [-0.15, -0.1) is 11.8 Å². The molecular weight excluding hydrogens is 208 g/mol. The van der Waals surface area contributed by atoms with E-state index in [1.165, 1.54) is 4.90 Å². The molecule has 0 bridgehead atoms. The topological polar surface area (TPSA) is 47.6 Å². The van der Waals surface area contributed by atoms with Crippen molar-refractivity contribution in [3.05, 3.63) is 29.8 Å². The average molecular weight is 222 g/mol. The highest BCUT2D eigenvalue weighted by atomic mass is 32.2. The summed E-state index contributed by atoms with van der Waals surface area (Å²) in [6, 6.07) is 8.34. The second-order valence-electron chi connectivity index (χ2n) is 3.43. The summed E-state index contributed by atoms with van der Waals surface area (Å²) in [6.45, 7) is 0.524. The van der Waals surface area contributed by atoms with Crippen molar-refractivity contribution in [2.45, 2.75) is 17.4 Å². The molecule has 0 spiro atoms. The molecule has 1 aromatic rings. The molecule has 0 aromatic heterocycles. The van der Waals surface area contributed by atoms with Crippen molar-refractivity contribution in [2.75, 3.05) is 12.8 Å². The first kappa shape index (κ1) is 10.5. The summed E-state index contributed by atoms with van der Waals surface area (Å²) in [5.41, 5.74) is 7.64. The van der Waals surface area contributed by atoms with E-state index < -0.39 is 0 Å². The minimum absolute atomic E-state index is 0.0558. The van der Waals surface area contributed by atoms with E-state index in [0.29, 0.717) is 6.54 Å². The molecule has 1 aromatic carbocycles. The summed E-state index contributed by atoms with van der Waals surface area (Å²) in [4.78, 5) is 6.44. The van der Waals surface area contributed by atoms with Gasteiger partial charge in [0.2, 0.25) is 0 Å². The lowest BCUT2D eigenvalue weighted by Gasteiger charge is -2.02. The van der Waals surface area contributed by atoms with Crippen LogP contribution in [-0.2, 0) is 4.84 Å². The molecule has 0 radical (unpaired) electrons. The van der Waals surface area contributed by atoms with Crippen LogP contribution in [0.3, 0.4) is 0 Å². The molecule has 1 aliphatic rings. The van der Waals surface area contributed by atoms with Gasteiger partial charge in [-0.1, -0.05) is 17.3 Å². The molecule has 0 amide bonds. The van der Waals surface area contributed by atoms with E-state index >= 15 is 0 Å². The molecule has 1 aliphatic heterocycles. The monoisotopic (exact) mass is 222 g/mol. The Morgan fingerprint density at radius 1 is 1.47 bits per heavy atom. The summed E-state index contributed by atoms with van der Waals surface area (Å²) >= 11 is 1.73. The zero-order valence-electron chi connectivity index (χ0n) is 8.64. The molecule has 0 fully saturated rings. The van der Waals surface area contributed by atoms with Crippen molar-refractivity contribution in [2.24, 2.45) is 10.9 Å². The first-order valence-electron chi connectivity index (χ1n) is 4.90. The molecule has 0 saturated heterocycles. The van der Waals surface area contributed by atoms with Crippen molar-refractivity contribution in [3.63, 3.8) is 0 Å². The van der Waals surface area contributed by atoms with Gasteiger partial charge < -0.3 is 10.6 Å². The number of thioether (sulfide) groups is 1. The van der Waals surface area contributed by atoms with E-state index in [0.717, 1.165) is 17.7 Å². The van der Waals surface area contributed by atoms with E-state index in [9.17, 15) is 0 Å². The molecular formula is C11H14N2OS. The van der Waals surface area contributed by atoms with E-state index in [2.05, 4.69) is 35.7 Å². The van der Waals surface area contributed by atoms with Gasteiger partial charge in [0.05, 0.1) is 5.71 Å². The molecule has 1 unspecified atom stereocenters. The van der Waals surface area contributed by atoms with Crippen molar-refractivity contribution < 1.29 is 4.84 Å². The Morgan fingerprint density at radius 2 is 2.20 bits per heavy atom. The molecule has 80 valence electrons. The van der Waals surface area contributed by atoms with Gasteiger partial charge in [-0.05, 0) is 24.0 Å². The fourth-order valence-corrected chi connectivity index (χ4v) is 1.92. The van der Waals surface area contributed by atoms with Crippen LogP contribution in [-0.4, -0.2) is 24.6 Å². The van der Waals surface area contributed by atoms with Gasteiger partial charge in [0.25, 0.3) is 0 Å². The third kappa shape index (κ3) is 2.33. The van der Waals surface area contributed by atoms with Crippen molar-refractivity contribution >= 4 is 17.5 Å². The molecule has 1 heterocycles. The third-order valence-corrected chi connectivity index (χ3v) is 3.16. The van der Waals surface area contributed by atoms with Crippen molar-refractivity contribution in [1.82, 2.24) is 0 Å². The summed E-state index contributed by atoms with van der Waals surface area (Å²) < 4.78 is 0. The van der Waals surface area contributed by atoms with E-state index in [4.69, 9.17) is 10.6 Å². The highest BCUT2D eigenvalue weighted by Gasteiger charge is 2.20. The van der Waals surface area contributed by atoms with Gasteiger partial charge in [-0.3, -0.25) is 0 Å². The third-order valence-electron chi connectivity index (χ3n) is 2.42. The number of oxime groups is 1. The zero-order chi connectivity index (χ0) is 10.7. The predicted octanol–water partition coefficient (Wildman–Crippen LogP) is 1.86. The van der Waals surface area contributed by atoms with Crippen LogP contribution in [0.5, 0.6) is 0 Å². The maximum atomic E-state index is 5.52. The minimum Gasteiger partial charge on any atom is -0.390 e. The Morgan fingerprint density at radius 3 is 2.73 bits per heavy atom. The smallest absolute Gasteiger partial charge is 0.145 e. The Bertz CT molecular complexity index is 361. The van der Waals surface area contributed by atoms with E-state index in [1.807, 2.05) is 0 Å². The average Bonchev–Trinajstić information content (AvgIpc) is 2.78. The Labute approximate surface area is 93.7 Å². The molecule has 0 saturated carbocycles. The SMILES string of the molecule is CSc1ccc(C2=NOC(CN)C2)cc1. The maximum absolute atomic E-state index is 5.52. The summed E-state index contributed by atoms with van der Waals surface area (Å²) in [5, 5.41) is 4.04. The van der Waals surface area contributed by atoms with Gasteiger partial charge in [0.15, 0.2) is 0 Å². The lowest BCUT2D eigenvalue weighted by atomic mass is 10.1. The second kappa shape index (κ2) is 4.68. The van der Waals surface area contributed by atoms with Crippen LogP contribution in [0.15, 0.2) is 34.3 Å². The normalized spacial score (nSPS) is 19.9. The van der Waals surface area contributed by atoms with Crippen LogP contribution in [0.1, 0.15) is 12.0 Å². The Hall–Kier alpha value is -1.00. The largest absolute Gasteiger partial charge is 0.390 e. The lowest BCUT2D eigenvalue weighted by molar-refractivity contribution is 0.0918. The van der Waals surface area contributed by atoms with Gasteiger partial charge >= 0.3 is 0 Å². The lowest BCUT2D eigenvalue weighted by Crippen LogP contribution is -2.20. The fourth-order valence-electron chi connectivity index (χ4n) is 1.51. The zero-order valence-corrected chi connectivity index (χ0v) is 9.46. The van der Waals surface area contributed by atoms with Gasteiger partial charge in [0.1, 0.15) is 6.10 Å². The maximum Gasteiger partial charge on any atom is 0.145 e. The van der Waals surface area contributed by atoms with Crippen LogP contribution < -0.4 is 5.73 Å². The Balaban J connectivity index is 2.10. The fraction of sp³-hybridized carbons (Fsp3) is 0.364.